The van der Waals surface area contributed by atoms with E-state index in [2.05, 4.69) is 6.07 Å². The zero-order valence-corrected chi connectivity index (χ0v) is 10.2. The van der Waals surface area contributed by atoms with Crippen LogP contribution in [0.2, 0.25) is 0 Å². The topological polar surface area (TPSA) is 59.3 Å². The van der Waals surface area contributed by atoms with Crippen molar-refractivity contribution in [1.29, 1.82) is 5.26 Å². The summed E-state index contributed by atoms with van der Waals surface area (Å²) in [6.07, 6.45) is 2.27. The lowest BCUT2D eigenvalue weighted by molar-refractivity contribution is 0.0747. The average molecular weight is 243 g/mol. The molecule has 0 radical (unpaired) electrons. The van der Waals surface area contributed by atoms with Crippen molar-refractivity contribution in [3.8, 4) is 17.6 Å². The number of hydrogen-bond donors (Lipinski definition) is 0. The van der Waals surface area contributed by atoms with Crippen LogP contribution >= 0.6 is 0 Å². The van der Waals surface area contributed by atoms with Crippen LogP contribution in [0.25, 0.3) is 0 Å². The fraction of sp³-hybridized carbons (Fsp3) is 0.429. The Kier molecular flexibility index (Phi) is 2.30. The Hall–Kier alpha value is -2.02. The van der Waals surface area contributed by atoms with Crippen LogP contribution in [0, 0.1) is 23.7 Å². The van der Waals surface area contributed by atoms with Crippen LogP contribution in [0.15, 0.2) is 12.1 Å². The van der Waals surface area contributed by atoms with E-state index in [1.54, 1.807) is 12.1 Å². The average Bonchev–Trinajstić information content (AvgIpc) is 2.74. The summed E-state index contributed by atoms with van der Waals surface area (Å²) in [6, 6.07) is 5.70. The van der Waals surface area contributed by atoms with Crippen molar-refractivity contribution in [2.75, 3.05) is 6.79 Å². The van der Waals surface area contributed by atoms with E-state index in [0.29, 0.717) is 29.9 Å². The smallest absolute Gasteiger partial charge is 0.231 e. The monoisotopic (exact) mass is 243 g/mol. The van der Waals surface area contributed by atoms with Crippen molar-refractivity contribution >= 4 is 5.78 Å². The zero-order chi connectivity index (χ0) is 12.8. The van der Waals surface area contributed by atoms with Crippen LogP contribution in [0.3, 0.4) is 0 Å². The molecule has 1 aliphatic carbocycles. The van der Waals surface area contributed by atoms with Crippen molar-refractivity contribution in [3.63, 3.8) is 0 Å². The first kappa shape index (κ1) is 11.1. The maximum atomic E-state index is 12.5. The van der Waals surface area contributed by atoms with Crippen molar-refractivity contribution in [3.05, 3.63) is 23.3 Å². The van der Waals surface area contributed by atoms with E-state index < -0.39 is 5.41 Å². The third-order valence-electron chi connectivity index (χ3n) is 3.82. The molecule has 0 atom stereocenters. The number of nitriles is 1. The standard InChI is InChI=1S/C14H13NO3/c1-9-5-11-12(18-8-17-11)6-10(9)13(16)14(7-15)3-2-4-14/h5-6H,2-4,8H2,1H3. The number of Topliss-reactive ketones (excluding diaryl/α,β-unsaturated/α-hetero) is 1. The molecule has 1 fully saturated rings. The summed E-state index contributed by atoms with van der Waals surface area (Å²) < 4.78 is 10.6. The third-order valence-corrected chi connectivity index (χ3v) is 3.82. The van der Waals surface area contributed by atoms with Gasteiger partial charge in [-0.25, -0.2) is 0 Å². The summed E-state index contributed by atoms with van der Waals surface area (Å²) in [5, 5.41) is 9.23. The fourth-order valence-corrected chi connectivity index (χ4v) is 2.47. The van der Waals surface area contributed by atoms with E-state index in [1.165, 1.54) is 0 Å². The Balaban J connectivity index is 2.03. The molecule has 0 spiro atoms. The Morgan fingerprint density at radius 3 is 2.56 bits per heavy atom. The number of fused-ring (bicyclic) bond motifs is 1. The van der Waals surface area contributed by atoms with Crippen LogP contribution in [0.1, 0.15) is 35.2 Å². The molecule has 1 aromatic carbocycles. The summed E-state index contributed by atoms with van der Waals surface area (Å²) in [7, 11) is 0. The molecule has 0 aromatic heterocycles. The van der Waals surface area contributed by atoms with Gasteiger partial charge in [0.15, 0.2) is 17.3 Å². The van der Waals surface area contributed by atoms with Crippen molar-refractivity contribution in [1.82, 2.24) is 0 Å². The number of nitrogens with zero attached hydrogens (tertiary/aromatic N) is 1. The molecule has 0 N–H and O–H groups in total. The molecule has 1 saturated carbocycles. The minimum absolute atomic E-state index is 0.0768. The molecule has 18 heavy (non-hydrogen) atoms. The summed E-state index contributed by atoms with van der Waals surface area (Å²) in [6.45, 7) is 2.05. The highest BCUT2D eigenvalue weighted by Gasteiger charge is 2.45. The van der Waals surface area contributed by atoms with Gasteiger partial charge in [0, 0.05) is 5.56 Å². The van der Waals surface area contributed by atoms with Gasteiger partial charge in [-0.3, -0.25) is 4.79 Å². The second kappa shape index (κ2) is 3.74. The number of aryl methyl sites for hydroxylation is 1. The van der Waals surface area contributed by atoms with Crippen LogP contribution in [0.5, 0.6) is 11.5 Å². The second-order valence-corrected chi connectivity index (χ2v) is 4.90. The van der Waals surface area contributed by atoms with Gasteiger partial charge in [-0.1, -0.05) is 0 Å². The molecule has 1 aliphatic heterocycles. The summed E-state index contributed by atoms with van der Waals surface area (Å²) >= 11 is 0. The zero-order valence-electron chi connectivity index (χ0n) is 10.2. The number of carbonyl (C=O) groups excluding carboxylic acids is 1. The van der Waals surface area contributed by atoms with Gasteiger partial charge in [-0.05, 0) is 43.9 Å². The minimum Gasteiger partial charge on any atom is -0.454 e. The Morgan fingerprint density at radius 1 is 1.33 bits per heavy atom. The normalized spacial score (nSPS) is 18.9. The number of ketones is 1. The van der Waals surface area contributed by atoms with E-state index in [0.717, 1.165) is 12.0 Å². The molecule has 0 bridgehead atoms. The number of benzene rings is 1. The molecule has 0 unspecified atom stereocenters. The van der Waals surface area contributed by atoms with Gasteiger partial charge < -0.3 is 9.47 Å². The second-order valence-electron chi connectivity index (χ2n) is 4.90. The molecular formula is C14H13NO3. The van der Waals surface area contributed by atoms with Crippen molar-refractivity contribution in [2.45, 2.75) is 26.2 Å². The maximum Gasteiger partial charge on any atom is 0.231 e. The summed E-state index contributed by atoms with van der Waals surface area (Å²) in [4.78, 5) is 12.5. The van der Waals surface area contributed by atoms with Crippen LogP contribution in [0.4, 0.5) is 0 Å². The Bertz CT molecular complexity index is 567. The Labute approximate surface area is 105 Å². The van der Waals surface area contributed by atoms with Gasteiger partial charge in [0.1, 0.15) is 5.41 Å². The Morgan fingerprint density at radius 2 is 2.00 bits per heavy atom. The quantitative estimate of drug-likeness (QED) is 0.749. The van der Waals surface area contributed by atoms with E-state index >= 15 is 0 Å². The van der Waals surface area contributed by atoms with Gasteiger partial charge in [0.25, 0.3) is 0 Å². The first-order valence-electron chi connectivity index (χ1n) is 6.03. The minimum atomic E-state index is -0.807. The predicted molar refractivity (Wildman–Crippen MR) is 63.5 cm³/mol. The van der Waals surface area contributed by atoms with E-state index in [9.17, 15) is 10.1 Å². The molecule has 0 amide bonds. The first-order valence-corrected chi connectivity index (χ1v) is 6.03. The van der Waals surface area contributed by atoms with Crippen LogP contribution in [-0.4, -0.2) is 12.6 Å². The summed E-state index contributed by atoms with van der Waals surface area (Å²) in [5.74, 6) is 1.19. The molecule has 1 aromatic rings. The maximum absolute atomic E-state index is 12.5. The van der Waals surface area contributed by atoms with Crippen molar-refractivity contribution < 1.29 is 14.3 Å². The van der Waals surface area contributed by atoms with Gasteiger partial charge >= 0.3 is 0 Å². The fourth-order valence-electron chi connectivity index (χ4n) is 2.47. The van der Waals surface area contributed by atoms with Crippen LogP contribution in [-0.2, 0) is 0 Å². The number of rotatable bonds is 2. The van der Waals surface area contributed by atoms with Crippen LogP contribution < -0.4 is 9.47 Å². The van der Waals surface area contributed by atoms with Gasteiger partial charge in [-0.15, -0.1) is 0 Å². The molecule has 0 saturated heterocycles. The van der Waals surface area contributed by atoms with Gasteiger partial charge in [-0.2, -0.15) is 5.26 Å². The molecule has 2 aliphatic rings. The lowest BCUT2D eigenvalue weighted by atomic mass is 9.65. The molecular weight excluding hydrogens is 230 g/mol. The van der Waals surface area contributed by atoms with Gasteiger partial charge in [0.2, 0.25) is 6.79 Å². The molecule has 4 heteroatoms. The highest BCUT2D eigenvalue weighted by molar-refractivity contribution is 6.04. The lowest BCUT2D eigenvalue weighted by Gasteiger charge is -2.33. The van der Waals surface area contributed by atoms with E-state index in [1.807, 2.05) is 6.92 Å². The number of hydrogen-bond acceptors (Lipinski definition) is 4. The predicted octanol–water partition coefficient (Wildman–Crippen LogP) is 2.60. The molecule has 3 rings (SSSR count). The highest BCUT2D eigenvalue weighted by atomic mass is 16.7. The van der Waals surface area contributed by atoms with E-state index in [4.69, 9.17) is 9.47 Å². The molecule has 1 heterocycles. The first-order chi connectivity index (χ1) is 8.66. The third kappa shape index (κ3) is 1.40. The highest BCUT2D eigenvalue weighted by Crippen LogP contribution is 2.45. The lowest BCUT2D eigenvalue weighted by Crippen LogP contribution is -2.36. The largest absolute Gasteiger partial charge is 0.454 e. The van der Waals surface area contributed by atoms with Gasteiger partial charge in [0.05, 0.1) is 6.07 Å². The van der Waals surface area contributed by atoms with Crippen molar-refractivity contribution in [2.24, 2.45) is 5.41 Å². The molecule has 4 nitrogen and oxygen atoms in total. The SMILES string of the molecule is Cc1cc2c(cc1C(=O)C1(C#N)CCC1)OCO2. The number of carbonyl (C=O) groups is 1. The summed E-state index contributed by atoms with van der Waals surface area (Å²) in [5.41, 5.74) is 0.615. The number of ether oxygens (including phenoxy) is 2. The van der Waals surface area contributed by atoms with E-state index in [-0.39, 0.29) is 12.6 Å². The molecule has 92 valence electrons.